The van der Waals surface area contributed by atoms with Gasteiger partial charge in [-0.2, -0.15) is 4.68 Å². The van der Waals surface area contributed by atoms with E-state index >= 15 is 0 Å². The highest BCUT2D eigenvalue weighted by molar-refractivity contribution is 7.98. The fourth-order valence-corrected chi connectivity index (χ4v) is 3.43. The number of aromatic nitrogens is 6. The Morgan fingerprint density at radius 1 is 1.04 bits per heavy atom. The second-order valence-electron chi connectivity index (χ2n) is 5.41. The lowest BCUT2D eigenvalue weighted by molar-refractivity contribution is 0.414. The molecule has 0 radical (unpaired) electrons. The predicted octanol–water partition coefficient (Wildman–Crippen LogP) is 3.15. The molecule has 2 aromatic heterocycles. The summed E-state index contributed by atoms with van der Waals surface area (Å²) < 4.78 is 9.07. The molecule has 0 aliphatic rings. The van der Waals surface area contributed by atoms with Crippen molar-refractivity contribution in [3.63, 3.8) is 0 Å². The second kappa shape index (κ2) is 7.40. The van der Waals surface area contributed by atoms with E-state index in [9.17, 15) is 0 Å². The summed E-state index contributed by atoms with van der Waals surface area (Å²) in [6, 6.07) is 17.7. The first-order valence-electron chi connectivity index (χ1n) is 7.98. The van der Waals surface area contributed by atoms with E-state index in [0.29, 0.717) is 5.75 Å². The van der Waals surface area contributed by atoms with Crippen LogP contribution in [0, 0.1) is 0 Å². The lowest BCUT2D eigenvalue weighted by atomic mass is 10.3. The third kappa shape index (κ3) is 3.31. The third-order valence-corrected chi connectivity index (χ3v) is 4.77. The van der Waals surface area contributed by atoms with Crippen molar-refractivity contribution in [2.24, 2.45) is 0 Å². The van der Waals surface area contributed by atoms with Crippen molar-refractivity contribution in [1.82, 2.24) is 29.8 Å². The maximum atomic E-state index is 5.31. The van der Waals surface area contributed by atoms with Crippen LogP contribution in [-0.4, -0.2) is 36.9 Å². The number of methoxy groups -OCH3 is 1. The van der Waals surface area contributed by atoms with Crippen LogP contribution in [0.15, 0.2) is 72.1 Å². The minimum atomic E-state index is 0.600. The molecule has 4 rings (SSSR count). The van der Waals surface area contributed by atoms with E-state index < -0.39 is 0 Å². The van der Waals surface area contributed by atoms with Crippen molar-refractivity contribution in [1.29, 1.82) is 0 Å². The van der Waals surface area contributed by atoms with E-state index in [1.165, 1.54) is 0 Å². The molecule has 0 N–H and O–H groups in total. The molecule has 0 saturated carbocycles. The first-order chi connectivity index (χ1) is 12.8. The normalized spacial score (nSPS) is 10.8. The smallest absolute Gasteiger partial charge is 0.173 e. The fourth-order valence-electron chi connectivity index (χ4n) is 2.55. The molecule has 0 aliphatic carbocycles. The first-order valence-corrected chi connectivity index (χ1v) is 8.97. The van der Waals surface area contributed by atoms with Crippen LogP contribution in [0.2, 0.25) is 0 Å². The van der Waals surface area contributed by atoms with Crippen LogP contribution in [0.25, 0.3) is 11.4 Å². The van der Waals surface area contributed by atoms with Crippen LogP contribution in [0.3, 0.4) is 0 Å². The highest BCUT2D eigenvalue weighted by Crippen LogP contribution is 2.25. The van der Waals surface area contributed by atoms with Crippen LogP contribution in [0.1, 0.15) is 5.82 Å². The summed E-state index contributed by atoms with van der Waals surface area (Å²) in [5.74, 6) is 2.17. The van der Waals surface area contributed by atoms with Crippen LogP contribution in [0.5, 0.6) is 5.75 Å². The number of para-hydroxylation sites is 1. The maximum absolute atomic E-state index is 5.31. The largest absolute Gasteiger partial charge is 0.497 e. The Bertz CT molecular complexity index is 998. The third-order valence-electron chi connectivity index (χ3n) is 3.80. The van der Waals surface area contributed by atoms with Gasteiger partial charge in [-0.15, -0.1) is 5.10 Å². The second-order valence-corrected chi connectivity index (χ2v) is 6.35. The van der Waals surface area contributed by atoms with Crippen LogP contribution >= 0.6 is 11.8 Å². The summed E-state index contributed by atoms with van der Waals surface area (Å²) in [7, 11) is 1.66. The molecular weight excluding hydrogens is 348 g/mol. The SMILES string of the molecule is COc1cccc(-n2ccnc2SCc2nnnn2-c2ccccc2)c1. The lowest BCUT2D eigenvalue weighted by Crippen LogP contribution is -2.02. The summed E-state index contributed by atoms with van der Waals surface area (Å²) in [6.45, 7) is 0. The van der Waals surface area contributed by atoms with Gasteiger partial charge in [0.15, 0.2) is 11.0 Å². The average Bonchev–Trinajstić information content (AvgIpc) is 3.36. The van der Waals surface area contributed by atoms with Gasteiger partial charge in [0.1, 0.15) is 5.75 Å². The van der Waals surface area contributed by atoms with Gasteiger partial charge in [-0.05, 0) is 34.7 Å². The zero-order chi connectivity index (χ0) is 17.8. The number of ether oxygens (including phenoxy) is 1. The molecule has 130 valence electrons. The monoisotopic (exact) mass is 364 g/mol. The van der Waals surface area contributed by atoms with Gasteiger partial charge in [0.05, 0.1) is 24.2 Å². The highest BCUT2D eigenvalue weighted by atomic mass is 32.2. The fraction of sp³-hybridized carbons (Fsp3) is 0.111. The molecule has 2 aromatic carbocycles. The number of hydrogen-bond donors (Lipinski definition) is 0. The van der Waals surface area contributed by atoms with Crippen LogP contribution < -0.4 is 4.74 Å². The maximum Gasteiger partial charge on any atom is 0.173 e. The molecule has 0 spiro atoms. The Kier molecular flexibility index (Phi) is 4.65. The lowest BCUT2D eigenvalue weighted by Gasteiger charge is -2.09. The number of tetrazole rings is 1. The molecule has 2 heterocycles. The number of hydrogen-bond acceptors (Lipinski definition) is 6. The molecule has 0 amide bonds. The van der Waals surface area contributed by atoms with Gasteiger partial charge in [-0.1, -0.05) is 36.0 Å². The molecule has 4 aromatic rings. The molecule has 0 fully saturated rings. The Hall–Kier alpha value is -3.13. The van der Waals surface area contributed by atoms with Gasteiger partial charge < -0.3 is 4.74 Å². The van der Waals surface area contributed by atoms with E-state index in [1.807, 2.05) is 65.4 Å². The van der Waals surface area contributed by atoms with E-state index in [2.05, 4.69) is 20.5 Å². The summed E-state index contributed by atoms with van der Waals surface area (Å²) in [4.78, 5) is 4.46. The van der Waals surface area contributed by atoms with E-state index in [4.69, 9.17) is 4.74 Å². The summed E-state index contributed by atoms with van der Waals surface area (Å²) in [5, 5.41) is 12.9. The van der Waals surface area contributed by atoms with Gasteiger partial charge >= 0.3 is 0 Å². The Morgan fingerprint density at radius 2 is 1.88 bits per heavy atom. The summed E-state index contributed by atoms with van der Waals surface area (Å²) >= 11 is 1.58. The van der Waals surface area contributed by atoms with Crippen LogP contribution in [-0.2, 0) is 5.75 Å². The minimum Gasteiger partial charge on any atom is -0.497 e. The molecule has 0 saturated heterocycles. The topological polar surface area (TPSA) is 70.7 Å². The zero-order valence-electron chi connectivity index (χ0n) is 14.1. The van der Waals surface area contributed by atoms with Gasteiger partial charge in [0.2, 0.25) is 0 Å². The molecule has 0 unspecified atom stereocenters. The van der Waals surface area contributed by atoms with Gasteiger partial charge in [-0.25, -0.2) is 4.98 Å². The van der Waals surface area contributed by atoms with E-state index in [0.717, 1.165) is 28.1 Å². The number of rotatable bonds is 6. The molecule has 0 aliphatic heterocycles. The Morgan fingerprint density at radius 3 is 2.73 bits per heavy atom. The first kappa shape index (κ1) is 16.3. The van der Waals surface area contributed by atoms with Crippen molar-refractivity contribution in [2.75, 3.05) is 7.11 Å². The number of nitrogens with zero attached hydrogens (tertiary/aromatic N) is 6. The van der Waals surface area contributed by atoms with Gasteiger partial charge in [0, 0.05) is 18.5 Å². The average molecular weight is 364 g/mol. The highest BCUT2D eigenvalue weighted by Gasteiger charge is 2.12. The molecule has 0 bridgehead atoms. The number of thioether (sulfide) groups is 1. The van der Waals surface area contributed by atoms with E-state index in [1.54, 1.807) is 29.8 Å². The zero-order valence-corrected chi connectivity index (χ0v) is 14.9. The Balaban J connectivity index is 1.56. The van der Waals surface area contributed by atoms with Crippen molar-refractivity contribution in [3.8, 4) is 17.1 Å². The summed E-state index contributed by atoms with van der Waals surface area (Å²) in [5.41, 5.74) is 1.93. The van der Waals surface area contributed by atoms with Crippen LogP contribution in [0.4, 0.5) is 0 Å². The van der Waals surface area contributed by atoms with Crippen molar-refractivity contribution in [2.45, 2.75) is 10.9 Å². The molecule has 8 heteroatoms. The van der Waals surface area contributed by atoms with Crippen molar-refractivity contribution in [3.05, 3.63) is 72.8 Å². The minimum absolute atomic E-state index is 0.600. The summed E-state index contributed by atoms with van der Waals surface area (Å²) in [6.07, 6.45) is 3.71. The molecule has 26 heavy (non-hydrogen) atoms. The standard InChI is InChI=1S/C18H16N6OS/c1-25-16-9-5-8-15(12-16)23-11-10-19-18(23)26-13-17-20-21-22-24(17)14-6-3-2-4-7-14/h2-12H,13H2,1H3. The van der Waals surface area contributed by atoms with Gasteiger partial charge in [-0.3, -0.25) is 4.57 Å². The molecular formula is C18H16N6OS. The van der Waals surface area contributed by atoms with E-state index in [-0.39, 0.29) is 0 Å². The van der Waals surface area contributed by atoms with Crippen molar-refractivity contribution >= 4 is 11.8 Å². The predicted molar refractivity (Wildman–Crippen MR) is 98.8 cm³/mol. The molecule has 0 atom stereocenters. The number of imidazole rings is 1. The molecule has 7 nitrogen and oxygen atoms in total. The van der Waals surface area contributed by atoms with Gasteiger partial charge in [0.25, 0.3) is 0 Å². The van der Waals surface area contributed by atoms with Crippen molar-refractivity contribution < 1.29 is 4.74 Å². The Labute approximate surface area is 154 Å². The number of benzene rings is 2. The quantitative estimate of drug-likeness (QED) is 0.490.